The van der Waals surface area contributed by atoms with Crippen molar-refractivity contribution in [3.8, 4) is 5.69 Å². The molecular formula is C24H20ClFN4O. The zero-order chi connectivity index (χ0) is 21.7. The Morgan fingerprint density at radius 3 is 2.48 bits per heavy atom. The van der Waals surface area contributed by atoms with Crippen LogP contribution in [0, 0.1) is 11.7 Å². The molecule has 1 fully saturated rings. The van der Waals surface area contributed by atoms with E-state index >= 15 is 0 Å². The maximum atomic E-state index is 13.3. The zero-order valence-corrected chi connectivity index (χ0v) is 17.5. The summed E-state index contributed by atoms with van der Waals surface area (Å²) in [6.07, 6.45) is 1.73. The first-order valence-electron chi connectivity index (χ1n) is 10.0. The van der Waals surface area contributed by atoms with Gasteiger partial charge >= 0.3 is 0 Å². The molecule has 5 rings (SSSR count). The van der Waals surface area contributed by atoms with Crippen LogP contribution in [0.5, 0.6) is 0 Å². The van der Waals surface area contributed by atoms with E-state index in [1.807, 2.05) is 49.4 Å². The van der Waals surface area contributed by atoms with E-state index in [1.54, 1.807) is 27.9 Å². The van der Waals surface area contributed by atoms with Crippen molar-refractivity contribution in [3.05, 3.63) is 89.3 Å². The van der Waals surface area contributed by atoms with Gasteiger partial charge in [0.25, 0.3) is 0 Å². The van der Waals surface area contributed by atoms with Crippen LogP contribution in [0.4, 0.5) is 10.1 Å². The van der Waals surface area contributed by atoms with Gasteiger partial charge in [0.2, 0.25) is 5.91 Å². The lowest BCUT2D eigenvalue weighted by atomic mass is 9.95. The zero-order valence-electron chi connectivity index (χ0n) is 16.7. The summed E-state index contributed by atoms with van der Waals surface area (Å²) >= 11 is 6.46. The largest absolute Gasteiger partial charge is 0.325 e. The molecule has 0 bridgehead atoms. The Morgan fingerprint density at radius 1 is 1.03 bits per heavy atom. The summed E-state index contributed by atoms with van der Waals surface area (Å²) in [6.45, 7) is 1.85. The number of benzene rings is 3. The molecule has 0 radical (unpaired) electrons. The molecule has 1 saturated heterocycles. The molecule has 7 heteroatoms. The monoisotopic (exact) mass is 434 g/mol. The molecule has 2 heterocycles. The van der Waals surface area contributed by atoms with Gasteiger partial charge in [-0.25, -0.2) is 9.07 Å². The van der Waals surface area contributed by atoms with Gasteiger partial charge in [0.05, 0.1) is 29.4 Å². The molecule has 3 atom stereocenters. The number of amides is 1. The summed E-state index contributed by atoms with van der Waals surface area (Å²) in [5, 5.41) is 5.89. The van der Waals surface area contributed by atoms with E-state index in [2.05, 4.69) is 5.10 Å². The highest BCUT2D eigenvalue weighted by Crippen LogP contribution is 2.42. The van der Waals surface area contributed by atoms with E-state index in [-0.39, 0.29) is 29.7 Å². The van der Waals surface area contributed by atoms with Crippen LogP contribution < -0.4 is 10.6 Å². The molecule has 5 nitrogen and oxygen atoms in total. The number of anilines is 1. The summed E-state index contributed by atoms with van der Waals surface area (Å²) in [5.74, 6) is -0.673. The first-order chi connectivity index (χ1) is 15.0. The fourth-order valence-electron chi connectivity index (χ4n) is 4.27. The van der Waals surface area contributed by atoms with E-state index in [4.69, 9.17) is 17.3 Å². The molecule has 1 aliphatic rings. The van der Waals surface area contributed by atoms with E-state index in [1.165, 1.54) is 12.1 Å². The van der Waals surface area contributed by atoms with E-state index in [0.29, 0.717) is 5.02 Å². The Morgan fingerprint density at radius 2 is 1.74 bits per heavy atom. The van der Waals surface area contributed by atoms with Crippen LogP contribution >= 0.6 is 11.6 Å². The first-order valence-corrected chi connectivity index (χ1v) is 10.4. The minimum Gasteiger partial charge on any atom is -0.325 e. The molecular weight excluding hydrogens is 415 g/mol. The Hall–Kier alpha value is -3.22. The highest BCUT2D eigenvalue weighted by molar-refractivity contribution is 6.31. The maximum absolute atomic E-state index is 13.3. The number of hydrogen-bond donors (Lipinski definition) is 1. The number of carbonyl (C=O) groups is 1. The molecule has 0 aliphatic carbocycles. The number of carbonyl (C=O) groups excluding carboxylic acids is 1. The van der Waals surface area contributed by atoms with Crippen LogP contribution in [-0.2, 0) is 4.79 Å². The van der Waals surface area contributed by atoms with Crippen LogP contribution in [0.25, 0.3) is 16.6 Å². The molecule has 3 aromatic carbocycles. The second-order valence-electron chi connectivity index (χ2n) is 7.82. The molecule has 1 amide bonds. The van der Waals surface area contributed by atoms with Crippen molar-refractivity contribution >= 4 is 34.1 Å². The Balaban J connectivity index is 1.59. The highest BCUT2D eigenvalue weighted by Gasteiger charge is 2.45. The standard InChI is InChI=1S/C24H20ClFN4O/c1-14-22(27)23(19-4-2-3-5-20(19)25)29(24(14)31)18-10-11-21-15(12-18)13-28-30(21)17-8-6-16(26)7-9-17/h2-14,22-23H,27H2,1H3/t14-,22-,23+/m0/s1. The lowest BCUT2D eigenvalue weighted by Gasteiger charge is -2.28. The van der Waals surface area contributed by atoms with Crippen LogP contribution in [0.1, 0.15) is 18.5 Å². The molecule has 0 unspecified atom stereocenters. The van der Waals surface area contributed by atoms with Gasteiger partial charge in [-0.15, -0.1) is 0 Å². The van der Waals surface area contributed by atoms with Crippen molar-refractivity contribution in [2.45, 2.75) is 19.0 Å². The van der Waals surface area contributed by atoms with Crippen molar-refractivity contribution in [1.29, 1.82) is 0 Å². The molecule has 156 valence electrons. The van der Waals surface area contributed by atoms with Gasteiger partial charge in [-0.05, 0) is 54.1 Å². The van der Waals surface area contributed by atoms with Crippen LogP contribution in [-0.4, -0.2) is 21.7 Å². The third-order valence-corrected chi connectivity index (χ3v) is 6.32. The van der Waals surface area contributed by atoms with E-state index in [9.17, 15) is 9.18 Å². The molecule has 1 aromatic heterocycles. The van der Waals surface area contributed by atoms with Crippen LogP contribution in [0.3, 0.4) is 0 Å². The fourth-order valence-corrected chi connectivity index (χ4v) is 4.52. The van der Waals surface area contributed by atoms with E-state index in [0.717, 1.165) is 27.8 Å². The van der Waals surface area contributed by atoms with E-state index < -0.39 is 0 Å². The van der Waals surface area contributed by atoms with Crippen molar-refractivity contribution in [1.82, 2.24) is 9.78 Å². The van der Waals surface area contributed by atoms with Gasteiger partial charge in [0.15, 0.2) is 0 Å². The summed E-state index contributed by atoms with van der Waals surface area (Å²) in [6, 6.07) is 18.6. The highest BCUT2D eigenvalue weighted by atomic mass is 35.5. The summed E-state index contributed by atoms with van der Waals surface area (Å²) in [7, 11) is 0. The maximum Gasteiger partial charge on any atom is 0.232 e. The number of nitrogens with zero attached hydrogens (tertiary/aromatic N) is 3. The number of fused-ring (bicyclic) bond motifs is 1. The summed E-state index contributed by atoms with van der Waals surface area (Å²) in [5.41, 5.74) is 9.66. The quantitative estimate of drug-likeness (QED) is 0.500. The Bertz CT molecular complexity index is 1290. The summed E-state index contributed by atoms with van der Waals surface area (Å²) < 4.78 is 15.0. The number of aromatic nitrogens is 2. The smallest absolute Gasteiger partial charge is 0.232 e. The number of halogens is 2. The molecule has 0 spiro atoms. The minimum atomic E-state index is -0.384. The third-order valence-electron chi connectivity index (χ3n) is 5.97. The minimum absolute atomic E-state index is 0.0392. The van der Waals surface area contributed by atoms with Crippen molar-refractivity contribution < 1.29 is 9.18 Å². The van der Waals surface area contributed by atoms with Gasteiger partial charge in [-0.1, -0.05) is 36.7 Å². The predicted octanol–water partition coefficient (Wildman–Crippen LogP) is 4.87. The second kappa shape index (κ2) is 7.48. The second-order valence-corrected chi connectivity index (χ2v) is 8.22. The van der Waals surface area contributed by atoms with Gasteiger partial charge in [-0.2, -0.15) is 5.10 Å². The van der Waals surface area contributed by atoms with Crippen LogP contribution in [0.2, 0.25) is 5.02 Å². The fraction of sp³-hybridized carbons (Fsp3) is 0.167. The SMILES string of the molecule is C[C@@H]1C(=O)N(c2ccc3c(cnn3-c3ccc(F)cc3)c2)[C@H](c2ccccc2Cl)[C@H]1N. The molecule has 4 aromatic rings. The average Bonchev–Trinajstić information content (AvgIpc) is 3.29. The third kappa shape index (κ3) is 3.19. The molecule has 31 heavy (non-hydrogen) atoms. The topological polar surface area (TPSA) is 64.2 Å². The Labute approximate surface area is 183 Å². The summed E-state index contributed by atoms with van der Waals surface area (Å²) in [4.78, 5) is 14.9. The number of rotatable bonds is 3. The lowest BCUT2D eigenvalue weighted by Crippen LogP contribution is -2.33. The van der Waals surface area contributed by atoms with Crippen molar-refractivity contribution in [2.75, 3.05) is 4.90 Å². The average molecular weight is 435 g/mol. The number of nitrogens with two attached hydrogens (primary N) is 1. The molecule has 0 saturated carbocycles. The molecule has 1 aliphatic heterocycles. The van der Waals surface area contributed by atoms with Gasteiger partial charge < -0.3 is 10.6 Å². The molecule has 2 N–H and O–H groups in total. The van der Waals surface area contributed by atoms with Gasteiger partial charge in [0, 0.05) is 22.1 Å². The first kappa shape index (κ1) is 19.7. The van der Waals surface area contributed by atoms with Crippen LogP contribution in [0.15, 0.2) is 72.9 Å². The van der Waals surface area contributed by atoms with Gasteiger partial charge in [0.1, 0.15) is 5.82 Å². The van der Waals surface area contributed by atoms with Crippen molar-refractivity contribution in [3.63, 3.8) is 0 Å². The number of hydrogen-bond acceptors (Lipinski definition) is 3. The predicted molar refractivity (Wildman–Crippen MR) is 120 cm³/mol. The van der Waals surface area contributed by atoms with Gasteiger partial charge in [-0.3, -0.25) is 4.79 Å². The lowest BCUT2D eigenvalue weighted by molar-refractivity contribution is -0.120. The normalized spacial score (nSPS) is 21.2. The van der Waals surface area contributed by atoms with Crippen molar-refractivity contribution in [2.24, 2.45) is 11.7 Å². The Kier molecular flexibility index (Phi) is 4.76.